The molecule has 5 heteroatoms. The molecule has 88 valence electrons. The quantitative estimate of drug-likeness (QED) is 0.461. The van der Waals surface area contributed by atoms with Crippen molar-refractivity contribution in [3.63, 3.8) is 0 Å². The molecule has 0 amide bonds. The van der Waals surface area contributed by atoms with Gasteiger partial charge in [0.15, 0.2) is 17.5 Å². The number of halogens is 4. The smallest absolute Gasteiger partial charge is 0.197 e. The molecule has 0 unspecified atom stereocenters. The van der Waals surface area contributed by atoms with Gasteiger partial charge in [-0.25, -0.2) is 17.6 Å². The van der Waals surface area contributed by atoms with Crippen LogP contribution in [-0.2, 0) is 0 Å². The first kappa shape index (κ1) is 11.4. The minimum atomic E-state index is -1.63. The molecule has 1 nitrogen and oxygen atoms in total. The summed E-state index contributed by atoms with van der Waals surface area (Å²) >= 11 is 0. The van der Waals surface area contributed by atoms with Gasteiger partial charge in [-0.3, -0.25) is 0 Å². The third-order valence-electron chi connectivity index (χ3n) is 2.33. The van der Waals surface area contributed by atoms with Gasteiger partial charge in [-0.15, -0.1) is 0 Å². The van der Waals surface area contributed by atoms with Gasteiger partial charge in [0.1, 0.15) is 5.82 Å². The van der Waals surface area contributed by atoms with E-state index >= 15 is 0 Å². The van der Waals surface area contributed by atoms with E-state index in [0.717, 1.165) is 18.2 Å². The third kappa shape index (κ3) is 1.95. The second-order valence-electron chi connectivity index (χ2n) is 3.46. The first-order valence-electron chi connectivity index (χ1n) is 4.69. The number of benzene rings is 2. The summed E-state index contributed by atoms with van der Waals surface area (Å²) in [6.07, 6.45) is 0. The summed E-state index contributed by atoms with van der Waals surface area (Å²) in [4.78, 5) is 0. The van der Waals surface area contributed by atoms with E-state index in [0.29, 0.717) is 0 Å². The SMILES string of the molecule is Nc1cc(-c2ccc(F)cc2)c(F)c(F)c1F. The molecule has 0 heterocycles. The largest absolute Gasteiger partial charge is 0.396 e. The lowest BCUT2D eigenvalue weighted by Gasteiger charge is -2.07. The van der Waals surface area contributed by atoms with E-state index in [4.69, 9.17) is 5.73 Å². The van der Waals surface area contributed by atoms with Crippen LogP contribution in [0, 0.1) is 23.3 Å². The van der Waals surface area contributed by atoms with Crippen LogP contribution in [0.3, 0.4) is 0 Å². The van der Waals surface area contributed by atoms with Crippen molar-refractivity contribution in [2.45, 2.75) is 0 Å². The summed E-state index contributed by atoms with van der Waals surface area (Å²) < 4.78 is 52.2. The standard InChI is InChI=1S/C12H7F4N/c13-7-3-1-6(2-4-7)8-5-9(17)11(15)12(16)10(8)14/h1-5H,17H2. The first-order chi connectivity index (χ1) is 8.00. The molecule has 0 saturated heterocycles. The second-order valence-corrected chi connectivity index (χ2v) is 3.46. The maximum Gasteiger partial charge on any atom is 0.197 e. The van der Waals surface area contributed by atoms with Crippen LogP contribution in [0.2, 0.25) is 0 Å². The molecule has 2 N–H and O–H groups in total. The molecule has 0 bridgehead atoms. The Hall–Kier alpha value is -2.04. The Morgan fingerprint density at radius 1 is 0.765 bits per heavy atom. The zero-order valence-electron chi connectivity index (χ0n) is 8.48. The van der Waals surface area contributed by atoms with Gasteiger partial charge in [0.2, 0.25) is 0 Å². The van der Waals surface area contributed by atoms with E-state index in [1.54, 1.807) is 0 Å². The first-order valence-corrected chi connectivity index (χ1v) is 4.69. The minimum Gasteiger partial charge on any atom is -0.396 e. The van der Waals surface area contributed by atoms with Gasteiger partial charge < -0.3 is 5.73 Å². The highest BCUT2D eigenvalue weighted by Crippen LogP contribution is 2.29. The van der Waals surface area contributed by atoms with E-state index in [9.17, 15) is 17.6 Å². The molecule has 2 aromatic carbocycles. The second kappa shape index (κ2) is 4.08. The number of anilines is 1. The predicted molar refractivity (Wildman–Crippen MR) is 56.1 cm³/mol. The van der Waals surface area contributed by atoms with Crippen LogP contribution in [0.15, 0.2) is 30.3 Å². The topological polar surface area (TPSA) is 26.0 Å². The number of nitrogens with two attached hydrogens (primary N) is 1. The van der Waals surface area contributed by atoms with Crippen molar-refractivity contribution >= 4 is 5.69 Å². The normalized spacial score (nSPS) is 10.6. The molecule has 0 aromatic heterocycles. The fourth-order valence-electron chi connectivity index (χ4n) is 1.46. The molecule has 0 spiro atoms. The highest BCUT2D eigenvalue weighted by molar-refractivity contribution is 5.68. The summed E-state index contributed by atoms with van der Waals surface area (Å²) in [5, 5.41) is 0. The lowest BCUT2D eigenvalue weighted by molar-refractivity contribution is 0.451. The number of hydrogen-bond donors (Lipinski definition) is 1. The summed E-state index contributed by atoms with van der Waals surface area (Å²) in [5.41, 5.74) is 4.71. The summed E-state index contributed by atoms with van der Waals surface area (Å²) in [7, 11) is 0. The fraction of sp³-hybridized carbons (Fsp3) is 0. The molecule has 0 saturated carbocycles. The fourth-order valence-corrected chi connectivity index (χ4v) is 1.46. The lowest BCUT2D eigenvalue weighted by atomic mass is 10.0. The number of nitrogen functional groups attached to an aromatic ring is 1. The third-order valence-corrected chi connectivity index (χ3v) is 2.33. The Labute approximate surface area is 94.5 Å². The van der Waals surface area contributed by atoms with Gasteiger partial charge in [-0.05, 0) is 23.8 Å². The Bertz CT molecular complexity index is 564. The van der Waals surface area contributed by atoms with E-state index in [1.807, 2.05) is 0 Å². The molecule has 0 aliphatic heterocycles. The molecule has 0 atom stereocenters. The van der Waals surface area contributed by atoms with Crippen LogP contribution in [-0.4, -0.2) is 0 Å². The van der Waals surface area contributed by atoms with Crippen molar-refractivity contribution in [2.24, 2.45) is 0 Å². The predicted octanol–water partition coefficient (Wildman–Crippen LogP) is 3.49. The van der Waals surface area contributed by atoms with Crippen LogP contribution in [0.1, 0.15) is 0 Å². The van der Waals surface area contributed by atoms with Crippen molar-refractivity contribution in [1.82, 2.24) is 0 Å². The summed E-state index contributed by atoms with van der Waals surface area (Å²) in [5.74, 6) is -4.91. The molecule has 0 aliphatic rings. The van der Waals surface area contributed by atoms with E-state index < -0.39 is 29.0 Å². The molecule has 17 heavy (non-hydrogen) atoms. The Morgan fingerprint density at radius 3 is 1.94 bits per heavy atom. The average Bonchev–Trinajstić information content (AvgIpc) is 2.32. The van der Waals surface area contributed by atoms with Gasteiger partial charge in [0.25, 0.3) is 0 Å². The zero-order chi connectivity index (χ0) is 12.6. The van der Waals surface area contributed by atoms with Gasteiger partial charge in [-0.1, -0.05) is 12.1 Å². The van der Waals surface area contributed by atoms with Gasteiger partial charge in [-0.2, -0.15) is 0 Å². The van der Waals surface area contributed by atoms with Crippen molar-refractivity contribution in [3.05, 3.63) is 53.6 Å². The summed E-state index contributed by atoms with van der Waals surface area (Å²) in [6, 6.07) is 5.66. The van der Waals surface area contributed by atoms with Crippen LogP contribution >= 0.6 is 0 Å². The Balaban J connectivity index is 2.64. The van der Waals surface area contributed by atoms with Crippen LogP contribution in [0.4, 0.5) is 23.2 Å². The molecule has 0 fully saturated rings. The lowest BCUT2D eigenvalue weighted by Crippen LogP contribution is -2.00. The van der Waals surface area contributed by atoms with Crippen LogP contribution < -0.4 is 5.73 Å². The van der Waals surface area contributed by atoms with E-state index in [1.165, 1.54) is 12.1 Å². The van der Waals surface area contributed by atoms with Crippen molar-refractivity contribution in [1.29, 1.82) is 0 Å². The van der Waals surface area contributed by atoms with E-state index in [-0.39, 0.29) is 11.1 Å². The van der Waals surface area contributed by atoms with E-state index in [2.05, 4.69) is 0 Å². The highest BCUT2D eigenvalue weighted by Gasteiger charge is 2.18. The van der Waals surface area contributed by atoms with Crippen LogP contribution in [0.5, 0.6) is 0 Å². The molecule has 2 rings (SSSR count). The Morgan fingerprint density at radius 2 is 1.35 bits per heavy atom. The monoisotopic (exact) mass is 241 g/mol. The zero-order valence-corrected chi connectivity index (χ0v) is 8.48. The minimum absolute atomic E-state index is 0.207. The van der Waals surface area contributed by atoms with Crippen LogP contribution in [0.25, 0.3) is 11.1 Å². The maximum atomic E-state index is 13.5. The van der Waals surface area contributed by atoms with Gasteiger partial charge >= 0.3 is 0 Å². The van der Waals surface area contributed by atoms with Crippen molar-refractivity contribution < 1.29 is 17.6 Å². The molecule has 0 radical (unpaired) electrons. The Kier molecular flexibility index (Phi) is 2.75. The molecular formula is C12H7F4N. The highest BCUT2D eigenvalue weighted by atomic mass is 19.2. The summed E-state index contributed by atoms with van der Waals surface area (Å²) in [6.45, 7) is 0. The average molecular weight is 241 g/mol. The number of rotatable bonds is 1. The number of hydrogen-bond acceptors (Lipinski definition) is 1. The van der Waals surface area contributed by atoms with Gasteiger partial charge in [0, 0.05) is 5.56 Å². The molecular weight excluding hydrogens is 234 g/mol. The van der Waals surface area contributed by atoms with Crippen molar-refractivity contribution in [2.75, 3.05) is 5.73 Å². The van der Waals surface area contributed by atoms with Crippen molar-refractivity contribution in [3.8, 4) is 11.1 Å². The van der Waals surface area contributed by atoms with Gasteiger partial charge in [0.05, 0.1) is 5.69 Å². The molecule has 0 aliphatic carbocycles. The maximum absolute atomic E-state index is 13.5. The molecule has 2 aromatic rings.